The molecule has 25 heavy (non-hydrogen) atoms. The van der Waals surface area contributed by atoms with E-state index in [-0.39, 0.29) is 22.3 Å². The number of aryl methyl sites for hydroxylation is 1. The fourth-order valence-electron chi connectivity index (χ4n) is 3.07. The van der Waals surface area contributed by atoms with Crippen LogP contribution < -0.4 is 10.2 Å². The van der Waals surface area contributed by atoms with E-state index in [0.717, 1.165) is 25.1 Å². The summed E-state index contributed by atoms with van der Waals surface area (Å²) in [6.45, 7) is 2.61. The van der Waals surface area contributed by atoms with Crippen molar-refractivity contribution in [1.82, 2.24) is 0 Å². The smallest absolute Gasteiger partial charge is 0.271 e. The Hall–Kier alpha value is -2.60. The van der Waals surface area contributed by atoms with E-state index >= 15 is 0 Å². The molecule has 1 atom stereocenters. The van der Waals surface area contributed by atoms with Crippen LogP contribution in [0.5, 0.6) is 0 Å². The lowest BCUT2D eigenvalue weighted by Gasteiger charge is -2.35. The van der Waals surface area contributed by atoms with Gasteiger partial charge < -0.3 is 10.2 Å². The van der Waals surface area contributed by atoms with Crippen LogP contribution in [0.25, 0.3) is 0 Å². The number of nitrogens with zero attached hydrogens (tertiary/aromatic N) is 2. The van der Waals surface area contributed by atoms with E-state index in [1.54, 1.807) is 0 Å². The van der Waals surface area contributed by atoms with Gasteiger partial charge in [0.25, 0.3) is 5.69 Å². The minimum atomic E-state index is -0.518. The summed E-state index contributed by atoms with van der Waals surface area (Å²) in [5.74, 6) is -0.251. The van der Waals surface area contributed by atoms with Crippen LogP contribution in [0.3, 0.4) is 0 Å². The first-order chi connectivity index (χ1) is 12.0. The minimum Gasteiger partial charge on any atom is -0.360 e. The van der Waals surface area contributed by atoms with Gasteiger partial charge in [-0.1, -0.05) is 29.8 Å². The van der Waals surface area contributed by atoms with E-state index in [2.05, 4.69) is 16.3 Å². The number of hydrogen-bond donors (Lipinski definition) is 1. The number of carbonyl (C=O) groups is 1. The second-order valence-corrected chi connectivity index (χ2v) is 6.42. The molecule has 0 unspecified atom stereocenters. The molecule has 0 bridgehead atoms. The normalized spacial score (nSPS) is 14.6. The molecule has 0 aliphatic carbocycles. The summed E-state index contributed by atoms with van der Waals surface area (Å²) in [5.41, 5.74) is 2.41. The van der Waals surface area contributed by atoms with Crippen LogP contribution in [-0.2, 0) is 11.2 Å². The van der Waals surface area contributed by atoms with Crippen molar-refractivity contribution in [2.75, 3.05) is 16.8 Å². The van der Waals surface area contributed by atoms with Crippen LogP contribution in [0.15, 0.2) is 42.5 Å². The van der Waals surface area contributed by atoms with Crippen LogP contribution in [-0.4, -0.2) is 23.4 Å². The zero-order chi connectivity index (χ0) is 18.0. The maximum absolute atomic E-state index is 12.7. The average molecular weight is 360 g/mol. The van der Waals surface area contributed by atoms with E-state index in [1.165, 1.54) is 23.8 Å². The van der Waals surface area contributed by atoms with Crippen molar-refractivity contribution < 1.29 is 9.72 Å². The van der Waals surface area contributed by atoms with Gasteiger partial charge in [0.05, 0.1) is 15.6 Å². The van der Waals surface area contributed by atoms with Crippen molar-refractivity contribution in [2.24, 2.45) is 0 Å². The number of non-ortho nitro benzene ring substituents is 1. The van der Waals surface area contributed by atoms with Crippen LogP contribution in [0.4, 0.5) is 17.1 Å². The van der Waals surface area contributed by atoms with Gasteiger partial charge in [-0.3, -0.25) is 14.9 Å². The summed E-state index contributed by atoms with van der Waals surface area (Å²) in [4.78, 5) is 25.1. The van der Waals surface area contributed by atoms with Crippen LogP contribution >= 0.6 is 11.6 Å². The number of amides is 1. The first-order valence-electron chi connectivity index (χ1n) is 8.06. The SMILES string of the molecule is C[C@H](C(=O)Nc1cc([N+](=O)[O-])ccc1Cl)N1CCCc2ccccc21. The van der Waals surface area contributed by atoms with Gasteiger partial charge in [0.15, 0.2) is 0 Å². The topological polar surface area (TPSA) is 75.5 Å². The number of halogens is 1. The van der Waals surface area contributed by atoms with Crippen molar-refractivity contribution in [2.45, 2.75) is 25.8 Å². The number of nitro benzene ring substituents is 1. The quantitative estimate of drug-likeness (QED) is 0.660. The van der Waals surface area contributed by atoms with E-state index in [1.807, 2.05) is 25.1 Å². The molecule has 0 saturated carbocycles. The zero-order valence-electron chi connectivity index (χ0n) is 13.7. The number of nitro groups is 1. The second kappa shape index (κ2) is 7.11. The van der Waals surface area contributed by atoms with Gasteiger partial charge in [0.1, 0.15) is 6.04 Å². The molecule has 0 saturated heterocycles. The predicted octanol–water partition coefficient (Wildman–Crippen LogP) is 4.03. The average Bonchev–Trinajstić information content (AvgIpc) is 2.62. The lowest BCUT2D eigenvalue weighted by molar-refractivity contribution is -0.384. The third-order valence-corrected chi connectivity index (χ3v) is 4.74. The Balaban J connectivity index is 1.80. The van der Waals surface area contributed by atoms with Crippen LogP contribution in [0.2, 0.25) is 5.02 Å². The van der Waals surface area contributed by atoms with Crippen molar-refractivity contribution >= 4 is 34.6 Å². The third-order valence-electron chi connectivity index (χ3n) is 4.41. The first-order valence-corrected chi connectivity index (χ1v) is 8.44. The van der Waals surface area contributed by atoms with E-state index in [4.69, 9.17) is 11.6 Å². The summed E-state index contributed by atoms with van der Waals surface area (Å²) in [6, 6.07) is 11.6. The monoisotopic (exact) mass is 359 g/mol. The zero-order valence-corrected chi connectivity index (χ0v) is 14.5. The van der Waals surface area contributed by atoms with Crippen molar-refractivity contribution in [3.63, 3.8) is 0 Å². The molecular weight excluding hydrogens is 342 g/mol. The van der Waals surface area contributed by atoms with Crippen LogP contribution in [0.1, 0.15) is 18.9 Å². The molecule has 1 heterocycles. The number of benzene rings is 2. The van der Waals surface area contributed by atoms with Gasteiger partial charge in [0.2, 0.25) is 5.91 Å². The van der Waals surface area contributed by atoms with E-state index < -0.39 is 11.0 Å². The Morgan fingerprint density at radius 2 is 2.08 bits per heavy atom. The Bertz CT molecular complexity index is 825. The van der Waals surface area contributed by atoms with Gasteiger partial charge >= 0.3 is 0 Å². The number of nitrogens with one attached hydrogen (secondary N) is 1. The molecular formula is C18H18ClN3O3. The lowest BCUT2D eigenvalue weighted by Crippen LogP contribution is -2.44. The van der Waals surface area contributed by atoms with E-state index in [0.29, 0.717) is 0 Å². The molecule has 0 spiro atoms. The van der Waals surface area contributed by atoms with Crippen molar-refractivity contribution in [3.05, 3.63) is 63.2 Å². The highest BCUT2D eigenvalue weighted by Crippen LogP contribution is 2.30. The number of carbonyl (C=O) groups excluding carboxylic acids is 1. The maximum atomic E-state index is 12.7. The highest BCUT2D eigenvalue weighted by Gasteiger charge is 2.26. The van der Waals surface area contributed by atoms with Gasteiger partial charge in [-0.05, 0) is 37.5 Å². The van der Waals surface area contributed by atoms with Gasteiger partial charge in [-0.25, -0.2) is 0 Å². The van der Waals surface area contributed by atoms with Crippen molar-refractivity contribution in [3.8, 4) is 0 Å². The lowest BCUT2D eigenvalue weighted by atomic mass is 10.00. The first kappa shape index (κ1) is 17.2. The highest BCUT2D eigenvalue weighted by atomic mass is 35.5. The number of anilines is 2. The molecule has 0 radical (unpaired) electrons. The number of hydrogen-bond acceptors (Lipinski definition) is 4. The summed E-state index contributed by atoms with van der Waals surface area (Å²) in [6.07, 6.45) is 1.98. The summed E-state index contributed by atoms with van der Waals surface area (Å²) in [5, 5.41) is 13.9. The van der Waals surface area contributed by atoms with E-state index in [9.17, 15) is 14.9 Å². The molecule has 1 aliphatic heterocycles. The van der Waals surface area contributed by atoms with Crippen molar-refractivity contribution in [1.29, 1.82) is 0 Å². The fourth-order valence-corrected chi connectivity index (χ4v) is 3.23. The standard InChI is InChI=1S/C18H18ClN3O3/c1-12(21-10-4-6-13-5-2-3-7-17(13)21)18(23)20-16-11-14(22(24)25)8-9-15(16)19/h2-3,5,7-9,11-12H,4,6,10H2,1H3,(H,20,23)/t12-/m1/s1. The predicted molar refractivity (Wildman–Crippen MR) is 98.3 cm³/mol. The Labute approximate surface area is 150 Å². The summed E-state index contributed by atoms with van der Waals surface area (Å²) in [7, 11) is 0. The third kappa shape index (κ3) is 3.58. The Kier molecular flexibility index (Phi) is 4.90. The Morgan fingerprint density at radius 3 is 2.84 bits per heavy atom. The number of fused-ring (bicyclic) bond motifs is 1. The molecule has 130 valence electrons. The molecule has 0 fully saturated rings. The Morgan fingerprint density at radius 1 is 1.32 bits per heavy atom. The molecule has 7 heteroatoms. The molecule has 1 N–H and O–H groups in total. The molecule has 1 aliphatic rings. The van der Waals surface area contributed by atoms with Gasteiger partial charge in [-0.15, -0.1) is 0 Å². The highest BCUT2D eigenvalue weighted by molar-refractivity contribution is 6.33. The van der Waals surface area contributed by atoms with Gasteiger partial charge in [0, 0.05) is 24.4 Å². The maximum Gasteiger partial charge on any atom is 0.271 e. The molecule has 0 aromatic heterocycles. The van der Waals surface area contributed by atoms with Crippen LogP contribution in [0, 0.1) is 10.1 Å². The second-order valence-electron chi connectivity index (χ2n) is 6.01. The molecule has 2 aromatic carbocycles. The number of para-hydroxylation sites is 1. The fraction of sp³-hybridized carbons (Fsp3) is 0.278. The molecule has 1 amide bonds. The largest absolute Gasteiger partial charge is 0.360 e. The molecule has 6 nitrogen and oxygen atoms in total. The van der Waals surface area contributed by atoms with Gasteiger partial charge in [-0.2, -0.15) is 0 Å². The minimum absolute atomic E-state index is 0.115. The molecule has 2 aromatic rings. The number of rotatable bonds is 4. The summed E-state index contributed by atoms with van der Waals surface area (Å²) >= 11 is 6.07. The molecule has 3 rings (SSSR count). The summed E-state index contributed by atoms with van der Waals surface area (Å²) < 4.78 is 0.